The van der Waals surface area contributed by atoms with Crippen LogP contribution in [0, 0.1) is 5.92 Å². The second-order valence-corrected chi connectivity index (χ2v) is 31.5. The molecule has 0 rings (SSSR count). The van der Waals surface area contributed by atoms with Gasteiger partial charge in [-0.15, -0.1) is 0 Å². The van der Waals surface area contributed by atoms with Crippen LogP contribution in [-0.2, 0) is 65.4 Å². The third kappa shape index (κ3) is 73.6. The molecule has 0 fully saturated rings. The average Bonchev–Trinajstić information content (AvgIpc) is 0.989. The number of carbonyl (C=O) groups is 4. The van der Waals surface area contributed by atoms with E-state index in [2.05, 4.69) is 58.9 Å². The molecule has 5 atom stereocenters. The minimum atomic E-state index is -4.97. The molecule has 0 aromatic rings. The molecule has 0 heterocycles. The summed E-state index contributed by atoms with van der Waals surface area (Å²) in [5, 5.41) is 10.6. The van der Waals surface area contributed by atoms with E-state index < -0.39 is 97.5 Å². The van der Waals surface area contributed by atoms with Crippen LogP contribution in [0.2, 0.25) is 0 Å². The molecule has 0 aliphatic rings. The quantitative estimate of drug-likeness (QED) is 0.0169. The highest BCUT2D eigenvalue weighted by atomic mass is 31.2. The van der Waals surface area contributed by atoms with Crippen molar-refractivity contribution in [2.75, 3.05) is 39.6 Å². The summed E-state index contributed by atoms with van der Waals surface area (Å²) in [6, 6.07) is 0. The number of phosphoric ester groups is 2. The number of hydrogen-bond donors (Lipinski definition) is 3. The Bertz CT molecular complexity index is 1990. The first-order valence-electron chi connectivity index (χ1n) is 41.0. The molecule has 19 heteroatoms. The van der Waals surface area contributed by atoms with Crippen LogP contribution in [0.25, 0.3) is 0 Å². The Morgan fingerprint density at radius 3 is 0.828 bits per heavy atom. The summed E-state index contributed by atoms with van der Waals surface area (Å²) in [5.41, 5.74) is 0. The molecule has 0 aromatic carbocycles. The summed E-state index contributed by atoms with van der Waals surface area (Å²) < 4.78 is 68.6. The minimum Gasteiger partial charge on any atom is -0.462 e. The Kier molecular flexibility index (Phi) is 70.7. The zero-order chi connectivity index (χ0) is 72.7. The monoisotopic (exact) mass is 1450 g/mol. The fraction of sp³-hybridized carbons (Fsp3) is 0.900. The summed E-state index contributed by atoms with van der Waals surface area (Å²) in [4.78, 5) is 73.0. The number of allylic oxidation sites excluding steroid dienone is 4. The van der Waals surface area contributed by atoms with E-state index in [1.165, 1.54) is 205 Å². The van der Waals surface area contributed by atoms with E-state index in [1.54, 1.807) is 0 Å². The number of phosphoric acid groups is 2. The largest absolute Gasteiger partial charge is 0.472 e. The Morgan fingerprint density at radius 1 is 0.313 bits per heavy atom. The zero-order valence-corrected chi connectivity index (χ0v) is 65.9. The summed E-state index contributed by atoms with van der Waals surface area (Å²) in [6.07, 6.45) is 65.9. The Labute approximate surface area is 605 Å². The van der Waals surface area contributed by atoms with Gasteiger partial charge in [-0.2, -0.15) is 0 Å². The molecule has 17 nitrogen and oxygen atoms in total. The Morgan fingerprint density at radius 2 is 0.545 bits per heavy atom. The molecule has 0 saturated heterocycles. The number of carbonyl (C=O) groups excluding carboxylic acids is 4. The number of esters is 4. The van der Waals surface area contributed by atoms with E-state index in [1.807, 2.05) is 0 Å². The van der Waals surface area contributed by atoms with Gasteiger partial charge in [0.1, 0.15) is 19.3 Å². The smallest absolute Gasteiger partial charge is 0.462 e. The molecular weight excluding hydrogens is 1290 g/mol. The summed E-state index contributed by atoms with van der Waals surface area (Å²) in [6.45, 7) is 7.29. The molecule has 584 valence electrons. The number of unbranched alkanes of at least 4 members (excludes halogenated alkanes) is 47. The second kappa shape index (κ2) is 72.5. The lowest BCUT2D eigenvalue weighted by molar-refractivity contribution is -0.161. The van der Waals surface area contributed by atoms with Crippen molar-refractivity contribution in [3.8, 4) is 0 Å². The third-order valence-corrected chi connectivity index (χ3v) is 20.1. The topological polar surface area (TPSA) is 237 Å². The van der Waals surface area contributed by atoms with Crippen molar-refractivity contribution >= 4 is 39.5 Å². The van der Waals surface area contributed by atoms with E-state index in [4.69, 9.17) is 37.0 Å². The van der Waals surface area contributed by atoms with Crippen LogP contribution in [0.3, 0.4) is 0 Å². The number of ether oxygens (including phenoxy) is 4. The molecule has 0 bridgehead atoms. The standard InChI is InChI=1S/C80H152O17P2/c1-6-9-12-15-18-21-24-26-30-35-39-44-49-54-59-64-78(83)91-70-76(97-80(85)66-61-56-51-46-41-36-32-29-28-31-33-38-42-47-52-57-62-73(4)5)72-95-99(88,89)93-68-74(81)67-92-98(86,87)94-71-75(69-90-77(82)63-58-53-48-43-37-23-20-17-14-11-8-3)96-79(84)65-60-55-50-45-40-34-27-25-22-19-16-13-10-7-2/h21,24,26,30,73-76,81H,6-20,22-23,25,27-29,31-72H2,1-5H3,(H,86,87)(H,88,89)/b24-21-,30-26-/t74-,75+,76+/m0/s1. The van der Waals surface area contributed by atoms with E-state index in [9.17, 15) is 43.2 Å². The lowest BCUT2D eigenvalue weighted by atomic mass is 10.0. The van der Waals surface area contributed by atoms with Gasteiger partial charge in [-0.3, -0.25) is 37.3 Å². The van der Waals surface area contributed by atoms with Gasteiger partial charge < -0.3 is 33.8 Å². The summed E-state index contributed by atoms with van der Waals surface area (Å²) >= 11 is 0. The van der Waals surface area contributed by atoms with Crippen LogP contribution in [-0.4, -0.2) is 96.7 Å². The maximum Gasteiger partial charge on any atom is 0.472 e. The fourth-order valence-corrected chi connectivity index (χ4v) is 13.4. The molecule has 99 heavy (non-hydrogen) atoms. The number of rotatable bonds is 78. The van der Waals surface area contributed by atoms with Gasteiger partial charge in [-0.05, 0) is 57.3 Å². The van der Waals surface area contributed by atoms with Gasteiger partial charge in [0.15, 0.2) is 12.2 Å². The molecule has 2 unspecified atom stereocenters. The lowest BCUT2D eigenvalue weighted by Crippen LogP contribution is -2.30. The van der Waals surface area contributed by atoms with E-state index in [0.717, 1.165) is 115 Å². The molecular formula is C80H152O17P2. The first-order valence-corrected chi connectivity index (χ1v) is 43.9. The SMILES string of the molecule is CCCCCC/C=C\C=C/CCCCCCCC(=O)OC[C@H](COP(=O)(O)OC[C@@H](O)COP(=O)(O)OC[C@@H](COC(=O)CCCCCCCCCCCCC)OC(=O)CCCCCCCCCCCCCCCC)OC(=O)CCCCCCCCCCCCCCCCCCC(C)C. The first kappa shape index (κ1) is 96.5. The van der Waals surface area contributed by atoms with Crippen LogP contribution in [0.5, 0.6) is 0 Å². The van der Waals surface area contributed by atoms with Crippen molar-refractivity contribution in [1.29, 1.82) is 0 Å². The normalized spacial score (nSPS) is 14.0. The number of hydrogen-bond acceptors (Lipinski definition) is 15. The van der Waals surface area contributed by atoms with E-state index in [0.29, 0.717) is 25.7 Å². The molecule has 0 radical (unpaired) electrons. The highest BCUT2D eigenvalue weighted by Gasteiger charge is 2.30. The summed E-state index contributed by atoms with van der Waals surface area (Å²) in [5.74, 6) is -1.33. The molecule has 0 aliphatic carbocycles. The fourth-order valence-electron chi connectivity index (χ4n) is 11.9. The predicted octanol–water partition coefficient (Wildman–Crippen LogP) is 23.6. The van der Waals surface area contributed by atoms with E-state index >= 15 is 0 Å². The van der Waals surface area contributed by atoms with Crippen molar-refractivity contribution in [3.05, 3.63) is 24.3 Å². The molecule has 0 spiro atoms. The molecule has 0 saturated carbocycles. The van der Waals surface area contributed by atoms with Gasteiger partial charge in [0.2, 0.25) is 0 Å². The number of aliphatic hydroxyl groups excluding tert-OH is 1. The van der Waals surface area contributed by atoms with E-state index in [-0.39, 0.29) is 25.7 Å². The van der Waals surface area contributed by atoms with Crippen LogP contribution in [0.15, 0.2) is 24.3 Å². The van der Waals surface area contributed by atoms with Gasteiger partial charge in [-0.1, -0.05) is 348 Å². The van der Waals surface area contributed by atoms with Gasteiger partial charge in [0, 0.05) is 25.7 Å². The van der Waals surface area contributed by atoms with Crippen LogP contribution >= 0.6 is 15.6 Å². The first-order chi connectivity index (χ1) is 48.0. The third-order valence-electron chi connectivity index (χ3n) is 18.2. The molecule has 0 aliphatic heterocycles. The Hall–Kier alpha value is -2.46. The molecule has 0 amide bonds. The van der Waals surface area contributed by atoms with Crippen molar-refractivity contribution in [2.24, 2.45) is 5.92 Å². The van der Waals surface area contributed by atoms with Crippen molar-refractivity contribution < 1.29 is 80.2 Å². The average molecular weight is 1450 g/mol. The van der Waals surface area contributed by atoms with Gasteiger partial charge in [0.05, 0.1) is 26.4 Å². The van der Waals surface area contributed by atoms with Gasteiger partial charge in [-0.25, -0.2) is 9.13 Å². The Balaban J connectivity index is 5.28. The van der Waals surface area contributed by atoms with Crippen molar-refractivity contribution in [1.82, 2.24) is 0 Å². The highest BCUT2D eigenvalue weighted by Crippen LogP contribution is 2.45. The summed E-state index contributed by atoms with van der Waals surface area (Å²) in [7, 11) is -9.93. The number of aliphatic hydroxyl groups is 1. The minimum absolute atomic E-state index is 0.101. The molecule has 0 aromatic heterocycles. The van der Waals surface area contributed by atoms with Crippen LogP contribution < -0.4 is 0 Å². The predicted molar refractivity (Wildman–Crippen MR) is 404 cm³/mol. The lowest BCUT2D eigenvalue weighted by Gasteiger charge is -2.21. The van der Waals surface area contributed by atoms with Crippen molar-refractivity contribution in [3.63, 3.8) is 0 Å². The van der Waals surface area contributed by atoms with Gasteiger partial charge >= 0.3 is 39.5 Å². The zero-order valence-electron chi connectivity index (χ0n) is 64.1. The maximum atomic E-state index is 13.1. The molecule has 3 N–H and O–H groups in total. The highest BCUT2D eigenvalue weighted by molar-refractivity contribution is 7.47. The van der Waals surface area contributed by atoms with Gasteiger partial charge in [0.25, 0.3) is 0 Å². The van der Waals surface area contributed by atoms with Crippen LogP contribution in [0.1, 0.15) is 401 Å². The van der Waals surface area contributed by atoms with Crippen LogP contribution in [0.4, 0.5) is 0 Å². The van der Waals surface area contributed by atoms with Crippen molar-refractivity contribution in [2.45, 2.75) is 419 Å². The maximum absolute atomic E-state index is 13.1. The second-order valence-electron chi connectivity index (χ2n) is 28.6.